The topological polar surface area (TPSA) is 34.9 Å². The molecule has 0 amide bonds. The molecule has 23 heavy (non-hydrogen) atoms. The highest BCUT2D eigenvalue weighted by Crippen LogP contribution is 2.22. The first-order valence-electron chi connectivity index (χ1n) is 6.84. The zero-order chi connectivity index (χ0) is 16.2. The maximum Gasteiger partial charge on any atom is 0.173 e. The minimum Gasteiger partial charge on any atom is -0.295 e. The van der Waals surface area contributed by atoms with Gasteiger partial charge in [-0.25, -0.2) is 9.37 Å². The van der Waals surface area contributed by atoms with Crippen LogP contribution >= 0.6 is 23.4 Å². The van der Waals surface area contributed by atoms with Gasteiger partial charge < -0.3 is 0 Å². The van der Waals surface area contributed by atoms with Crippen LogP contribution in [0.2, 0.25) is 5.02 Å². The van der Waals surface area contributed by atoms with Gasteiger partial charge in [-0.05, 0) is 42.5 Å². The van der Waals surface area contributed by atoms with E-state index in [0.717, 1.165) is 0 Å². The van der Waals surface area contributed by atoms with Crippen molar-refractivity contribution in [2.75, 3.05) is 5.75 Å². The van der Waals surface area contributed by atoms with Crippen molar-refractivity contribution in [3.05, 3.63) is 77.3 Å². The van der Waals surface area contributed by atoms with E-state index in [9.17, 15) is 9.18 Å². The van der Waals surface area contributed by atoms with E-state index >= 15 is 0 Å². The number of carbonyl (C=O) groups excluding carboxylic acids is 1. The molecular weight excluding hydrogens is 335 g/mol. The maximum atomic E-state index is 13.4. The molecule has 0 spiro atoms. The summed E-state index contributed by atoms with van der Waals surface area (Å²) in [5, 5.41) is 1.23. The zero-order valence-corrected chi connectivity index (χ0v) is 13.5. The fourth-order valence-electron chi connectivity index (χ4n) is 2.07. The van der Waals surface area contributed by atoms with Crippen molar-refractivity contribution in [2.45, 2.75) is 5.16 Å². The Hall–Kier alpha value is -2.11. The van der Waals surface area contributed by atoms with Crippen LogP contribution in [0.15, 0.2) is 66.1 Å². The first-order valence-corrected chi connectivity index (χ1v) is 8.21. The van der Waals surface area contributed by atoms with E-state index in [1.165, 1.54) is 23.9 Å². The van der Waals surface area contributed by atoms with E-state index in [-0.39, 0.29) is 17.4 Å². The predicted molar refractivity (Wildman–Crippen MR) is 90.0 cm³/mol. The summed E-state index contributed by atoms with van der Waals surface area (Å²) < 4.78 is 15.1. The molecule has 0 bridgehead atoms. The molecule has 6 heteroatoms. The third-order valence-electron chi connectivity index (χ3n) is 3.19. The molecule has 1 aromatic heterocycles. The average Bonchev–Trinajstić information content (AvgIpc) is 3.02. The number of hydrogen-bond acceptors (Lipinski definition) is 3. The van der Waals surface area contributed by atoms with Gasteiger partial charge in [0.05, 0.1) is 11.4 Å². The van der Waals surface area contributed by atoms with Crippen molar-refractivity contribution < 1.29 is 9.18 Å². The number of imidazole rings is 1. The molecule has 3 rings (SSSR count). The first kappa shape index (κ1) is 15.8. The van der Waals surface area contributed by atoms with Crippen LogP contribution in [0.5, 0.6) is 0 Å². The van der Waals surface area contributed by atoms with Crippen LogP contribution in [0.25, 0.3) is 5.69 Å². The second kappa shape index (κ2) is 6.98. The summed E-state index contributed by atoms with van der Waals surface area (Å²) in [4.78, 5) is 16.4. The molecule has 0 aliphatic carbocycles. The lowest BCUT2D eigenvalue weighted by atomic mass is 10.1. The monoisotopic (exact) mass is 346 g/mol. The summed E-state index contributed by atoms with van der Waals surface area (Å²) in [5.74, 6) is -0.0848. The minimum absolute atomic E-state index is 0.0135. The van der Waals surface area contributed by atoms with E-state index in [0.29, 0.717) is 21.4 Å². The van der Waals surface area contributed by atoms with Crippen molar-refractivity contribution in [2.24, 2.45) is 0 Å². The number of hydrogen-bond donors (Lipinski definition) is 0. The predicted octanol–water partition coefficient (Wildman–Crippen LogP) is 4.64. The Balaban J connectivity index is 1.73. The number of thioether (sulfide) groups is 1. The van der Waals surface area contributed by atoms with Crippen LogP contribution in [0.1, 0.15) is 10.4 Å². The lowest BCUT2D eigenvalue weighted by Crippen LogP contribution is -2.04. The first-order chi connectivity index (χ1) is 11.1. The third-order valence-corrected chi connectivity index (χ3v) is 4.41. The van der Waals surface area contributed by atoms with Gasteiger partial charge in [0.25, 0.3) is 0 Å². The quantitative estimate of drug-likeness (QED) is 0.498. The molecule has 0 atom stereocenters. The molecule has 1 heterocycles. The Bertz CT molecular complexity index is 833. The maximum absolute atomic E-state index is 13.4. The standard InChI is InChI=1S/C17H12ClFN2OS/c18-13-6-4-12(5-7-13)16(22)11-23-17-20-8-9-21(17)15-3-1-2-14(19)10-15/h1-10H,11H2. The molecule has 3 nitrogen and oxygen atoms in total. The van der Waals surface area contributed by atoms with Crippen molar-refractivity contribution in [3.8, 4) is 5.69 Å². The molecule has 0 saturated carbocycles. The van der Waals surface area contributed by atoms with Crippen LogP contribution in [-0.4, -0.2) is 21.1 Å². The molecule has 0 aliphatic rings. The zero-order valence-electron chi connectivity index (χ0n) is 11.9. The van der Waals surface area contributed by atoms with Gasteiger partial charge in [0.15, 0.2) is 10.9 Å². The molecule has 2 aromatic carbocycles. The van der Waals surface area contributed by atoms with Gasteiger partial charge in [-0.15, -0.1) is 0 Å². The fraction of sp³-hybridized carbons (Fsp3) is 0.0588. The molecule has 0 saturated heterocycles. The van der Waals surface area contributed by atoms with Gasteiger partial charge in [0.2, 0.25) is 0 Å². The van der Waals surface area contributed by atoms with Gasteiger partial charge >= 0.3 is 0 Å². The highest BCUT2D eigenvalue weighted by Gasteiger charge is 2.11. The van der Waals surface area contributed by atoms with Crippen molar-refractivity contribution in [1.29, 1.82) is 0 Å². The molecule has 0 aliphatic heterocycles. The largest absolute Gasteiger partial charge is 0.295 e. The summed E-state index contributed by atoms with van der Waals surface area (Å²) in [7, 11) is 0. The van der Waals surface area contributed by atoms with Crippen molar-refractivity contribution in [1.82, 2.24) is 9.55 Å². The van der Waals surface area contributed by atoms with E-state index in [1.807, 2.05) is 0 Å². The number of halogens is 2. The highest BCUT2D eigenvalue weighted by molar-refractivity contribution is 7.99. The van der Waals surface area contributed by atoms with Gasteiger partial charge in [-0.2, -0.15) is 0 Å². The Kier molecular flexibility index (Phi) is 4.79. The fourth-order valence-corrected chi connectivity index (χ4v) is 3.06. The Labute approximate surface area is 142 Å². The normalized spacial score (nSPS) is 10.7. The number of carbonyl (C=O) groups is 1. The molecule has 0 fully saturated rings. The minimum atomic E-state index is -0.315. The van der Waals surface area contributed by atoms with Crippen LogP contribution in [0.4, 0.5) is 4.39 Å². The van der Waals surface area contributed by atoms with Gasteiger partial charge in [0, 0.05) is 23.0 Å². The second-order valence-corrected chi connectivity index (χ2v) is 6.16. The lowest BCUT2D eigenvalue weighted by molar-refractivity contribution is 0.102. The number of rotatable bonds is 5. The Morgan fingerprint density at radius 3 is 2.74 bits per heavy atom. The summed E-state index contributed by atoms with van der Waals surface area (Å²) in [6.07, 6.45) is 3.36. The second-order valence-electron chi connectivity index (χ2n) is 4.78. The number of aromatic nitrogens is 2. The van der Waals surface area contributed by atoms with Crippen molar-refractivity contribution >= 4 is 29.1 Å². The smallest absolute Gasteiger partial charge is 0.173 e. The molecule has 3 aromatic rings. The molecule has 116 valence electrons. The number of Topliss-reactive ketones (excluding diaryl/α,β-unsaturated/α-hetero) is 1. The van der Waals surface area contributed by atoms with Crippen molar-refractivity contribution in [3.63, 3.8) is 0 Å². The molecule has 0 N–H and O–H groups in total. The van der Waals surface area contributed by atoms with Gasteiger partial charge in [0.1, 0.15) is 5.82 Å². The summed E-state index contributed by atoms with van der Waals surface area (Å²) in [5.41, 5.74) is 1.27. The van der Waals surface area contributed by atoms with Gasteiger partial charge in [-0.1, -0.05) is 29.4 Å². The molecule has 0 radical (unpaired) electrons. The Morgan fingerprint density at radius 1 is 1.22 bits per heavy atom. The number of ketones is 1. The van der Waals surface area contributed by atoms with Crippen LogP contribution in [0, 0.1) is 5.82 Å². The van der Waals surface area contributed by atoms with Crippen LogP contribution < -0.4 is 0 Å². The summed E-state index contributed by atoms with van der Waals surface area (Å²) in [6, 6.07) is 13.0. The molecular formula is C17H12ClFN2OS. The lowest BCUT2D eigenvalue weighted by Gasteiger charge is -2.07. The SMILES string of the molecule is O=C(CSc1nccn1-c1cccc(F)c1)c1ccc(Cl)cc1. The highest BCUT2D eigenvalue weighted by atomic mass is 35.5. The average molecular weight is 347 g/mol. The molecule has 0 unspecified atom stereocenters. The summed E-state index contributed by atoms with van der Waals surface area (Å²) in [6.45, 7) is 0. The number of benzene rings is 2. The van der Waals surface area contributed by atoms with Gasteiger partial charge in [-0.3, -0.25) is 9.36 Å². The van der Waals surface area contributed by atoms with E-state index < -0.39 is 0 Å². The number of nitrogens with zero attached hydrogens (tertiary/aromatic N) is 2. The van der Waals surface area contributed by atoms with Crippen LogP contribution in [0.3, 0.4) is 0 Å². The summed E-state index contributed by atoms with van der Waals surface area (Å²) >= 11 is 7.12. The van der Waals surface area contributed by atoms with Crippen LogP contribution in [-0.2, 0) is 0 Å². The van der Waals surface area contributed by atoms with E-state index in [4.69, 9.17) is 11.6 Å². The third kappa shape index (κ3) is 3.81. The van der Waals surface area contributed by atoms with E-state index in [1.54, 1.807) is 53.4 Å². The van der Waals surface area contributed by atoms with E-state index in [2.05, 4.69) is 4.98 Å². The Morgan fingerprint density at radius 2 is 2.00 bits per heavy atom.